The van der Waals surface area contributed by atoms with Crippen LogP contribution in [0.4, 0.5) is 26.0 Å². The van der Waals surface area contributed by atoms with Crippen LogP contribution in [0.1, 0.15) is 6.42 Å². The van der Waals surface area contributed by atoms with Crippen LogP contribution in [0.15, 0.2) is 67.6 Å². The van der Waals surface area contributed by atoms with Gasteiger partial charge >= 0.3 is 0 Å². The summed E-state index contributed by atoms with van der Waals surface area (Å²) in [5, 5.41) is 6.65. The predicted molar refractivity (Wildman–Crippen MR) is 138 cm³/mol. The maximum Gasteiger partial charge on any atom is 0.247 e. The SMILES string of the molecule is C=CC(=O)Nc1cc2c(Nc3ccnc(-c4ccc(F)cc4F)c3)ncnc2cc1O[C@@H]1CCN(C)C1. The van der Waals surface area contributed by atoms with Crippen molar-refractivity contribution >= 4 is 34.0 Å². The molecule has 4 aromatic rings. The molecule has 0 spiro atoms. The molecule has 5 rings (SSSR count). The molecule has 0 radical (unpaired) electrons. The number of amides is 1. The smallest absolute Gasteiger partial charge is 0.247 e. The fourth-order valence-corrected chi connectivity index (χ4v) is 4.22. The van der Waals surface area contributed by atoms with Crippen molar-refractivity contribution in [3.8, 4) is 17.0 Å². The summed E-state index contributed by atoms with van der Waals surface area (Å²) in [6.45, 7) is 5.24. The van der Waals surface area contributed by atoms with Gasteiger partial charge in [-0.25, -0.2) is 18.7 Å². The van der Waals surface area contributed by atoms with E-state index < -0.39 is 11.6 Å². The van der Waals surface area contributed by atoms with E-state index in [4.69, 9.17) is 4.74 Å². The van der Waals surface area contributed by atoms with Gasteiger partial charge in [-0.2, -0.15) is 0 Å². The second-order valence-corrected chi connectivity index (χ2v) is 8.75. The maximum atomic E-state index is 14.3. The molecule has 0 saturated carbocycles. The lowest BCUT2D eigenvalue weighted by molar-refractivity contribution is -0.111. The van der Waals surface area contributed by atoms with Crippen molar-refractivity contribution in [2.24, 2.45) is 0 Å². The lowest BCUT2D eigenvalue weighted by Gasteiger charge is -2.18. The van der Waals surface area contributed by atoms with E-state index in [2.05, 4.69) is 37.1 Å². The van der Waals surface area contributed by atoms with E-state index in [1.165, 1.54) is 30.7 Å². The first-order valence-corrected chi connectivity index (χ1v) is 11.7. The standard InChI is InChI=1S/C27H24F2N6O2/c1-3-26(36)34-24-12-20-23(13-25(24)37-18-7-9-35(2)14-18)31-15-32-27(20)33-17-6-8-30-22(11-17)19-5-4-16(28)10-21(19)29/h3-6,8,10-13,15,18H,1,7,9,14H2,2H3,(H,34,36)(H,30,31,32,33)/t18-/m1/s1. The minimum absolute atomic E-state index is 0.0108. The summed E-state index contributed by atoms with van der Waals surface area (Å²) in [6.07, 6.45) is 4.98. The largest absolute Gasteiger partial charge is 0.487 e. The normalized spacial score (nSPS) is 15.5. The number of carbonyl (C=O) groups excluding carboxylic acids is 1. The number of pyridine rings is 1. The molecule has 8 nitrogen and oxygen atoms in total. The Hall–Kier alpha value is -4.44. The fourth-order valence-electron chi connectivity index (χ4n) is 4.22. The molecule has 0 unspecified atom stereocenters. The highest BCUT2D eigenvalue weighted by Crippen LogP contribution is 2.35. The van der Waals surface area contributed by atoms with E-state index in [0.29, 0.717) is 39.5 Å². The number of rotatable bonds is 7. The van der Waals surface area contributed by atoms with Crippen LogP contribution in [0.5, 0.6) is 5.75 Å². The molecule has 1 aliphatic rings. The topological polar surface area (TPSA) is 92.3 Å². The Balaban J connectivity index is 1.50. The van der Waals surface area contributed by atoms with Crippen molar-refractivity contribution in [2.75, 3.05) is 30.8 Å². The molecule has 37 heavy (non-hydrogen) atoms. The molecule has 1 saturated heterocycles. The number of fused-ring (bicyclic) bond motifs is 1. The molecule has 1 aliphatic heterocycles. The van der Waals surface area contributed by atoms with Gasteiger partial charge in [-0.15, -0.1) is 0 Å². The number of likely N-dealkylation sites (tertiary alicyclic amines) is 1. The molecular weight excluding hydrogens is 478 g/mol. The summed E-state index contributed by atoms with van der Waals surface area (Å²) in [5.74, 6) is -0.779. The number of nitrogens with one attached hydrogen (secondary N) is 2. The summed E-state index contributed by atoms with van der Waals surface area (Å²) in [4.78, 5) is 27.3. The molecule has 1 amide bonds. The van der Waals surface area contributed by atoms with Crippen LogP contribution >= 0.6 is 0 Å². The predicted octanol–water partition coefficient (Wildman–Crippen LogP) is 4.92. The average molecular weight is 503 g/mol. The second-order valence-electron chi connectivity index (χ2n) is 8.75. The van der Waals surface area contributed by atoms with E-state index in [-0.39, 0.29) is 17.6 Å². The number of nitrogens with zero attached hydrogens (tertiary/aromatic N) is 4. The molecule has 2 aromatic carbocycles. The summed E-state index contributed by atoms with van der Waals surface area (Å²) < 4.78 is 33.9. The van der Waals surface area contributed by atoms with Crippen molar-refractivity contribution in [1.82, 2.24) is 19.9 Å². The number of aromatic nitrogens is 3. The number of anilines is 3. The van der Waals surface area contributed by atoms with Crippen LogP contribution in [0.3, 0.4) is 0 Å². The Bertz CT molecular complexity index is 1500. The third-order valence-corrected chi connectivity index (χ3v) is 6.05. The zero-order valence-corrected chi connectivity index (χ0v) is 20.0. The highest BCUT2D eigenvalue weighted by Gasteiger charge is 2.23. The molecule has 188 valence electrons. The van der Waals surface area contributed by atoms with E-state index in [0.717, 1.165) is 25.6 Å². The van der Waals surface area contributed by atoms with Crippen molar-refractivity contribution in [1.29, 1.82) is 0 Å². The van der Waals surface area contributed by atoms with Gasteiger partial charge in [0.25, 0.3) is 0 Å². The van der Waals surface area contributed by atoms with Crippen molar-refractivity contribution in [3.63, 3.8) is 0 Å². The van der Waals surface area contributed by atoms with Crippen molar-refractivity contribution in [3.05, 3.63) is 79.3 Å². The molecule has 1 atom stereocenters. The molecule has 0 aliphatic carbocycles. The van der Waals surface area contributed by atoms with Crippen molar-refractivity contribution < 1.29 is 18.3 Å². The fraction of sp³-hybridized carbons (Fsp3) is 0.185. The number of hydrogen-bond acceptors (Lipinski definition) is 7. The molecule has 2 aromatic heterocycles. The molecular formula is C27H24F2N6O2. The molecule has 3 heterocycles. The van der Waals surface area contributed by atoms with E-state index in [1.54, 1.807) is 24.3 Å². The van der Waals surface area contributed by atoms with E-state index in [1.807, 2.05) is 7.05 Å². The summed E-state index contributed by atoms with van der Waals surface area (Å²) >= 11 is 0. The lowest BCUT2D eigenvalue weighted by Crippen LogP contribution is -2.22. The van der Waals surface area contributed by atoms with Crippen LogP contribution in [-0.4, -0.2) is 52.0 Å². The van der Waals surface area contributed by atoms with Crippen LogP contribution in [-0.2, 0) is 4.79 Å². The van der Waals surface area contributed by atoms with Gasteiger partial charge in [-0.3, -0.25) is 9.78 Å². The molecule has 2 N–H and O–H groups in total. The molecule has 1 fully saturated rings. The number of benzene rings is 2. The van der Waals surface area contributed by atoms with Gasteiger partial charge in [-0.1, -0.05) is 6.58 Å². The monoisotopic (exact) mass is 502 g/mol. The van der Waals surface area contributed by atoms with Crippen molar-refractivity contribution in [2.45, 2.75) is 12.5 Å². The zero-order chi connectivity index (χ0) is 25.9. The molecule has 10 heteroatoms. The van der Waals surface area contributed by atoms with Gasteiger partial charge in [0.1, 0.15) is 35.6 Å². The third kappa shape index (κ3) is 5.39. The lowest BCUT2D eigenvalue weighted by atomic mass is 10.1. The third-order valence-electron chi connectivity index (χ3n) is 6.05. The van der Waals surface area contributed by atoms with E-state index >= 15 is 0 Å². The van der Waals surface area contributed by atoms with Gasteiger partial charge in [-0.05, 0) is 49.9 Å². The van der Waals surface area contributed by atoms with Crippen LogP contribution in [0.2, 0.25) is 0 Å². The van der Waals surface area contributed by atoms with Gasteiger partial charge < -0.3 is 20.3 Å². The van der Waals surface area contributed by atoms with Crippen LogP contribution < -0.4 is 15.4 Å². The Kier molecular flexibility index (Phi) is 6.74. The molecule has 0 bridgehead atoms. The Labute approximate surface area is 212 Å². The average Bonchev–Trinajstić information content (AvgIpc) is 3.29. The highest BCUT2D eigenvalue weighted by atomic mass is 19.1. The van der Waals surface area contributed by atoms with Crippen LogP contribution in [0, 0.1) is 11.6 Å². The first kappa shape index (κ1) is 24.3. The summed E-state index contributed by atoms with van der Waals surface area (Å²) in [6, 6.07) is 10.2. The number of halogens is 2. The van der Waals surface area contributed by atoms with E-state index in [9.17, 15) is 13.6 Å². The first-order chi connectivity index (χ1) is 17.9. The number of ether oxygens (including phenoxy) is 1. The van der Waals surface area contributed by atoms with Gasteiger partial charge in [0.15, 0.2) is 0 Å². The Morgan fingerprint density at radius 2 is 2.03 bits per heavy atom. The highest BCUT2D eigenvalue weighted by molar-refractivity contribution is 6.03. The number of hydrogen-bond donors (Lipinski definition) is 2. The second kappa shape index (κ2) is 10.3. The quantitative estimate of drug-likeness (QED) is 0.347. The van der Waals surface area contributed by atoms with Gasteiger partial charge in [0.05, 0.1) is 16.9 Å². The summed E-state index contributed by atoms with van der Waals surface area (Å²) in [5.41, 5.74) is 2.16. The first-order valence-electron chi connectivity index (χ1n) is 11.7. The minimum Gasteiger partial charge on any atom is -0.487 e. The maximum absolute atomic E-state index is 14.3. The number of carbonyl (C=O) groups is 1. The minimum atomic E-state index is -0.708. The zero-order valence-electron chi connectivity index (χ0n) is 20.0. The van der Waals surface area contributed by atoms with Gasteiger partial charge in [0, 0.05) is 48.1 Å². The van der Waals surface area contributed by atoms with Crippen LogP contribution in [0.25, 0.3) is 22.2 Å². The Morgan fingerprint density at radius 1 is 1.16 bits per heavy atom. The van der Waals surface area contributed by atoms with Gasteiger partial charge in [0.2, 0.25) is 5.91 Å². The Morgan fingerprint density at radius 3 is 2.78 bits per heavy atom. The number of likely N-dealkylation sites (N-methyl/N-ethyl adjacent to an activating group) is 1. The summed E-state index contributed by atoms with van der Waals surface area (Å²) in [7, 11) is 2.03.